The standard InChI is InChI=1S/C29H31N3O2/c1-20-16-26-25(21(2)18-28(3,4)32(26)5)17-22(20)19-30-31-27(33)29(34,23-12-8-6-9-13-23)24-14-10-7-11-15-24/h6-19,34H,1-5H3,(H,31,33)/b30-19+. The van der Waals surface area contributed by atoms with Gasteiger partial charge in [-0.15, -0.1) is 0 Å². The molecule has 174 valence electrons. The van der Waals surface area contributed by atoms with Gasteiger partial charge in [-0.05, 0) is 67.7 Å². The Morgan fingerprint density at radius 3 is 2.12 bits per heavy atom. The number of nitrogens with one attached hydrogen (secondary N) is 1. The molecule has 1 heterocycles. The first-order valence-electron chi connectivity index (χ1n) is 11.4. The number of likely N-dealkylation sites (N-methyl/N-ethyl adjacent to an activating group) is 1. The summed E-state index contributed by atoms with van der Waals surface area (Å²) in [6.07, 6.45) is 3.89. The molecule has 1 aliphatic heterocycles. The van der Waals surface area contributed by atoms with Crippen LogP contribution in [0.4, 0.5) is 5.69 Å². The summed E-state index contributed by atoms with van der Waals surface area (Å²) in [6.45, 7) is 8.54. The van der Waals surface area contributed by atoms with Gasteiger partial charge in [0.25, 0.3) is 5.91 Å². The lowest BCUT2D eigenvalue weighted by Crippen LogP contribution is -2.43. The number of hydrazone groups is 1. The van der Waals surface area contributed by atoms with Gasteiger partial charge in [-0.3, -0.25) is 4.79 Å². The minimum atomic E-state index is -1.86. The Labute approximate surface area is 201 Å². The zero-order chi connectivity index (χ0) is 24.5. The molecule has 0 atom stereocenters. The zero-order valence-corrected chi connectivity index (χ0v) is 20.3. The number of amides is 1. The molecule has 1 amide bonds. The lowest BCUT2D eigenvalue weighted by Gasteiger charge is -2.41. The number of benzene rings is 3. The van der Waals surface area contributed by atoms with Gasteiger partial charge >= 0.3 is 0 Å². The second kappa shape index (κ2) is 8.92. The highest BCUT2D eigenvalue weighted by atomic mass is 16.3. The summed E-state index contributed by atoms with van der Waals surface area (Å²) in [6, 6.07) is 22.1. The van der Waals surface area contributed by atoms with Gasteiger partial charge in [0, 0.05) is 18.3 Å². The van der Waals surface area contributed by atoms with E-state index >= 15 is 0 Å². The lowest BCUT2D eigenvalue weighted by molar-refractivity contribution is -0.136. The van der Waals surface area contributed by atoms with Crippen molar-refractivity contribution in [1.82, 2.24) is 5.43 Å². The van der Waals surface area contributed by atoms with Crippen molar-refractivity contribution in [3.63, 3.8) is 0 Å². The molecule has 5 nitrogen and oxygen atoms in total. The molecule has 0 spiro atoms. The third kappa shape index (κ3) is 4.15. The molecule has 0 fully saturated rings. The van der Waals surface area contributed by atoms with Crippen LogP contribution in [0, 0.1) is 6.92 Å². The maximum absolute atomic E-state index is 13.2. The number of carbonyl (C=O) groups excluding carboxylic acids is 1. The van der Waals surface area contributed by atoms with Crippen LogP contribution < -0.4 is 10.3 Å². The van der Waals surface area contributed by atoms with Gasteiger partial charge in [0.2, 0.25) is 0 Å². The smallest absolute Gasteiger partial charge is 0.281 e. The predicted molar refractivity (Wildman–Crippen MR) is 139 cm³/mol. The van der Waals surface area contributed by atoms with E-state index in [4.69, 9.17) is 0 Å². The number of hydrogen-bond donors (Lipinski definition) is 2. The summed E-state index contributed by atoms with van der Waals surface area (Å²) in [5.41, 5.74) is 7.07. The molecule has 0 aliphatic carbocycles. The van der Waals surface area contributed by atoms with E-state index in [1.54, 1.807) is 54.7 Å². The fourth-order valence-corrected chi connectivity index (χ4v) is 4.49. The van der Waals surface area contributed by atoms with E-state index in [2.05, 4.69) is 61.5 Å². The van der Waals surface area contributed by atoms with Gasteiger partial charge in [0.15, 0.2) is 5.60 Å². The minimum absolute atomic E-state index is 0.0631. The Balaban J connectivity index is 1.63. The molecule has 3 aromatic rings. The third-order valence-corrected chi connectivity index (χ3v) is 6.69. The van der Waals surface area contributed by atoms with Crippen molar-refractivity contribution in [3.05, 3.63) is 107 Å². The number of carbonyl (C=O) groups is 1. The number of hydrogen-bond acceptors (Lipinski definition) is 4. The summed E-state index contributed by atoms with van der Waals surface area (Å²) in [5, 5.41) is 15.8. The van der Waals surface area contributed by atoms with Crippen LogP contribution in [0.25, 0.3) is 5.57 Å². The average molecular weight is 454 g/mol. The zero-order valence-electron chi connectivity index (χ0n) is 20.3. The van der Waals surface area contributed by atoms with Crippen LogP contribution in [0.5, 0.6) is 0 Å². The molecular weight excluding hydrogens is 422 g/mol. The van der Waals surface area contributed by atoms with Crippen molar-refractivity contribution >= 4 is 23.4 Å². The number of rotatable bonds is 5. The van der Waals surface area contributed by atoms with Crippen LogP contribution in [-0.4, -0.2) is 29.8 Å². The number of nitrogens with zero attached hydrogens (tertiary/aromatic N) is 2. The molecule has 0 unspecified atom stereocenters. The lowest BCUT2D eigenvalue weighted by atomic mass is 9.85. The van der Waals surface area contributed by atoms with Crippen LogP contribution in [-0.2, 0) is 10.4 Å². The highest BCUT2D eigenvalue weighted by molar-refractivity contribution is 5.92. The minimum Gasteiger partial charge on any atom is -0.372 e. The molecule has 0 saturated heterocycles. The van der Waals surface area contributed by atoms with Crippen molar-refractivity contribution in [2.24, 2.45) is 5.10 Å². The SMILES string of the molecule is CC1=CC(C)(C)N(C)c2cc(C)c(/C=N/NC(=O)C(O)(c3ccccc3)c3ccccc3)cc21. The molecule has 0 bridgehead atoms. The average Bonchev–Trinajstić information content (AvgIpc) is 2.83. The molecule has 2 N–H and O–H groups in total. The number of fused-ring (bicyclic) bond motifs is 1. The maximum Gasteiger partial charge on any atom is 0.281 e. The van der Waals surface area contributed by atoms with Gasteiger partial charge in [-0.1, -0.05) is 66.7 Å². The van der Waals surface area contributed by atoms with Gasteiger partial charge in [-0.2, -0.15) is 5.10 Å². The number of aliphatic hydroxyl groups is 1. The van der Waals surface area contributed by atoms with Crippen molar-refractivity contribution in [2.45, 2.75) is 38.8 Å². The maximum atomic E-state index is 13.2. The molecule has 4 rings (SSSR count). The normalized spacial score (nSPS) is 15.1. The van der Waals surface area contributed by atoms with E-state index < -0.39 is 11.5 Å². The molecule has 3 aromatic carbocycles. The molecular formula is C29H31N3O2. The van der Waals surface area contributed by atoms with Gasteiger partial charge in [0.05, 0.1) is 11.8 Å². The van der Waals surface area contributed by atoms with Crippen LogP contribution in [0.15, 0.2) is 84.0 Å². The Morgan fingerprint density at radius 1 is 1.00 bits per heavy atom. The monoisotopic (exact) mass is 453 g/mol. The van der Waals surface area contributed by atoms with Gasteiger partial charge in [-0.25, -0.2) is 5.43 Å². The van der Waals surface area contributed by atoms with E-state index in [1.165, 1.54) is 11.3 Å². The summed E-state index contributed by atoms with van der Waals surface area (Å²) in [4.78, 5) is 15.5. The van der Waals surface area contributed by atoms with Crippen molar-refractivity contribution in [2.75, 3.05) is 11.9 Å². The fourth-order valence-electron chi connectivity index (χ4n) is 4.49. The molecule has 34 heavy (non-hydrogen) atoms. The first kappa shape index (κ1) is 23.5. The highest BCUT2D eigenvalue weighted by Gasteiger charge is 2.40. The first-order chi connectivity index (χ1) is 16.1. The van der Waals surface area contributed by atoms with Crippen LogP contribution in [0.1, 0.15) is 48.6 Å². The number of allylic oxidation sites excluding steroid dienone is 1. The second-order valence-corrected chi connectivity index (χ2v) is 9.41. The number of aryl methyl sites for hydroxylation is 1. The van der Waals surface area contributed by atoms with E-state index in [9.17, 15) is 9.90 Å². The van der Waals surface area contributed by atoms with Crippen molar-refractivity contribution in [1.29, 1.82) is 0 Å². The van der Waals surface area contributed by atoms with Crippen molar-refractivity contribution < 1.29 is 9.90 Å². The van der Waals surface area contributed by atoms with E-state index in [0.29, 0.717) is 11.1 Å². The molecule has 5 heteroatoms. The largest absolute Gasteiger partial charge is 0.372 e. The van der Waals surface area contributed by atoms with E-state index in [-0.39, 0.29) is 5.54 Å². The Bertz CT molecular complexity index is 1220. The predicted octanol–water partition coefficient (Wildman–Crippen LogP) is 5.01. The summed E-state index contributed by atoms with van der Waals surface area (Å²) in [7, 11) is 2.10. The Kier molecular flexibility index (Phi) is 6.15. The van der Waals surface area contributed by atoms with E-state index in [0.717, 1.165) is 16.7 Å². The highest BCUT2D eigenvalue weighted by Crippen LogP contribution is 2.39. The fraction of sp³-hybridized carbons (Fsp3) is 0.241. The third-order valence-electron chi connectivity index (χ3n) is 6.69. The Morgan fingerprint density at radius 2 is 1.56 bits per heavy atom. The van der Waals surface area contributed by atoms with Gasteiger partial charge in [0.1, 0.15) is 0 Å². The topological polar surface area (TPSA) is 64.9 Å². The quantitative estimate of drug-likeness (QED) is 0.421. The van der Waals surface area contributed by atoms with Crippen LogP contribution in [0.3, 0.4) is 0 Å². The Hall–Kier alpha value is -3.70. The molecule has 0 radical (unpaired) electrons. The molecule has 0 saturated carbocycles. The first-order valence-corrected chi connectivity index (χ1v) is 11.4. The number of anilines is 1. The van der Waals surface area contributed by atoms with Crippen LogP contribution >= 0.6 is 0 Å². The summed E-state index contributed by atoms with van der Waals surface area (Å²) in [5.74, 6) is -0.616. The summed E-state index contributed by atoms with van der Waals surface area (Å²) < 4.78 is 0. The molecule has 0 aromatic heterocycles. The van der Waals surface area contributed by atoms with Crippen molar-refractivity contribution in [3.8, 4) is 0 Å². The molecule has 1 aliphatic rings. The van der Waals surface area contributed by atoms with E-state index in [1.807, 2.05) is 19.1 Å². The second-order valence-electron chi connectivity index (χ2n) is 9.41. The van der Waals surface area contributed by atoms with Crippen LogP contribution in [0.2, 0.25) is 0 Å². The summed E-state index contributed by atoms with van der Waals surface area (Å²) >= 11 is 0. The van der Waals surface area contributed by atoms with Gasteiger partial charge < -0.3 is 10.0 Å².